The number of rotatable bonds is 6. The van der Waals surface area contributed by atoms with Gasteiger partial charge in [0.2, 0.25) is 5.91 Å². The maximum absolute atomic E-state index is 13.0. The largest absolute Gasteiger partial charge is 0.433 e. The lowest BCUT2D eigenvalue weighted by molar-refractivity contribution is -0.141. The number of hydrogen-bond acceptors (Lipinski definition) is 6. The van der Waals surface area contributed by atoms with Crippen LogP contribution in [0.25, 0.3) is 11.0 Å². The van der Waals surface area contributed by atoms with E-state index in [-0.39, 0.29) is 18.4 Å². The molecule has 4 heterocycles. The second-order valence-electron chi connectivity index (χ2n) is 8.60. The number of aromatic nitrogens is 4. The van der Waals surface area contributed by atoms with E-state index in [9.17, 15) is 18.0 Å². The van der Waals surface area contributed by atoms with E-state index in [1.807, 2.05) is 46.0 Å². The van der Waals surface area contributed by atoms with Crippen LogP contribution in [0, 0.1) is 0 Å². The third-order valence-corrected chi connectivity index (χ3v) is 6.15. The molecule has 4 aromatic rings. The molecular weight excluding hydrogens is 473 g/mol. The number of nitrogens with zero attached hydrogens (tertiary/aromatic N) is 5. The number of nitrogens with two attached hydrogens (primary N) is 1. The molecule has 3 aromatic heterocycles. The maximum atomic E-state index is 13.0. The van der Waals surface area contributed by atoms with Gasteiger partial charge in [0.1, 0.15) is 23.5 Å². The van der Waals surface area contributed by atoms with Gasteiger partial charge in [-0.1, -0.05) is 30.3 Å². The van der Waals surface area contributed by atoms with E-state index in [0.29, 0.717) is 37.7 Å². The van der Waals surface area contributed by atoms with Gasteiger partial charge in [0.05, 0.1) is 31.1 Å². The molecule has 1 atom stereocenters. The minimum absolute atomic E-state index is 0.193. The fraction of sp³-hybridized carbons (Fsp3) is 0.280. The van der Waals surface area contributed by atoms with Crippen molar-refractivity contribution in [2.75, 3.05) is 24.7 Å². The van der Waals surface area contributed by atoms with Crippen molar-refractivity contribution < 1.29 is 22.7 Å². The third-order valence-electron chi connectivity index (χ3n) is 6.15. The van der Waals surface area contributed by atoms with Gasteiger partial charge in [-0.2, -0.15) is 13.2 Å². The molecule has 1 aliphatic heterocycles. The molecule has 0 saturated carbocycles. The summed E-state index contributed by atoms with van der Waals surface area (Å²) in [6.07, 6.45) is 0.362. The second kappa shape index (κ2) is 9.57. The second-order valence-corrected chi connectivity index (χ2v) is 8.60. The van der Waals surface area contributed by atoms with Crippen molar-refractivity contribution in [1.82, 2.24) is 19.5 Å². The predicted molar refractivity (Wildman–Crippen MR) is 126 cm³/mol. The van der Waals surface area contributed by atoms with Gasteiger partial charge < -0.3 is 19.9 Å². The van der Waals surface area contributed by atoms with E-state index in [1.165, 1.54) is 18.6 Å². The van der Waals surface area contributed by atoms with Crippen LogP contribution in [0.5, 0.6) is 0 Å². The fourth-order valence-electron chi connectivity index (χ4n) is 4.41. The molecule has 1 fully saturated rings. The Balaban J connectivity index is 1.43. The number of pyridine rings is 1. The van der Waals surface area contributed by atoms with E-state index in [4.69, 9.17) is 10.5 Å². The molecule has 1 saturated heterocycles. The molecule has 0 radical (unpaired) electrons. The first-order valence-electron chi connectivity index (χ1n) is 11.3. The minimum Gasteiger partial charge on any atom is -0.377 e. The molecule has 0 spiro atoms. The standard InChI is InChI=1S/C25H23F3N6O2/c26-25(27,28)21-6-5-18(12-30-21)20-14-36-10-9-34(20)24-19-7-8-33(23(19)31-15-32-24)13-17-3-1-16(2-4-17)11-22(29)35/h1-8,12,15,20H,9-11,13-14H2,(H2,29,35). The van der Waals surface area contributed by atoms with Crippen LogP contribution in [-0.2, 0) is 28.7 Å². The van der Waals surface area contributed by atoms with E-state index in [0.717, 1.165) is 28.2 Å². The van der Waals surface area contributed by atoms with Gasteiger partial charge in [0, 0.05) is 25.5 Å². The number of amides is 1. The van der Waals surface area contributed by atoms with Gasteiger partial charge in [-0.05, 0) is 28.8 Å². The number of morpholine rings is 1. The number of benzene rings is 1. The van der Waals surface area contributed by atoms with Crippen LogP contribution >= 0.6 is 0 Å². The smallest absolute Gasteiger partial charge is 0.377 e. The number of primary amides is 1. The number of carbonyl (C=O) groups is 1. The van der Waals surface area contributed by atoms with Gasteiger partial charge in [-0.15, -0.1) is 0 Å². The average Bonchev–Trinajstić information content (AvgIpc) is 3.27. The molecule has 0 aliphatic carbocycles. The van der Waals surface area contributed by atoms with Crippen LogP contribution in [0.3, 0.4) is 0 Å². The van der Waals surface area contributed by atoms with Crippen molar-refractivity contribution >= 4 is 22.8 Å². The van der Waals surface area contributed by atoms with E-state index in [2.05, 4.69) is 15.0 Å². The number of fused-ring (bicyclic) bond motifs is 1. The topological polar surface area (TPSA) is 99.2 Å². The number of hydrogen-bond donors (Lipinski definition) is 1. The summed E-state index contributed by atoms with van der Waals surface area (Å²) < 4.78 is 46.6. The number of alkyl halides is 3. The van der Waals surface area contributed by atoms with Crippen LogP contribution in [0.2, 0.25) is 0 Å². The average molecular weight is 496 g/mol. The minimum atomic E-state index is -4.49. The van der Waals surface area contributed by atoms with Crippen molar-refractivity contribution in [1.29, 1.82) is 0 Å². The molecular formula is C25H23F3N6O2. The van der Waals surface area contributed by atoms with Crippen molar-refractivity contribution in [3.05, 3.63) is 83.6 Å². The fourth-order valence-corrected chi connectivity index (χ4v) is 4.41. The summed E-state index contributed by atoms with van der Waals surface area (Å²) >= 11 is 0. The summed E-state index contributed by atoms with van der Waals surface area (Å²) in [5.74, 6) is 0.306. The van der Waals surface area contributed by atoms with Crippen molar-refractivity contribution in [3.8, 4) is 0 Å². The van der Waals surface area contributed by atoms with Crippen LogP contribution in [0.15, 0.2) is 61.2 Å². The van der Waals surface area contributed by atoms with Gasteiger partial charge in [-0.3, -0.25) is 9.78 Å². The zero-order valence-corrected chi connectivity index (χ0v) is 19.2. The number of ether oxygens (including phenoxy) is 1. The van der Waals surface area contributed by atoms with Crippen LogP contribution in [0.1, 0.15) is 28.4 Å². The Bertz CT molecular complexity index is 1370. The highest BCUT2D eigenvalue weighted by Gasteiger charge is 2.33. The molecule has 5 rings (SSSR count). The quantitative estimate of drug-likeness (QED) is 0.439. The first kappa shape index (κ1) is 23.7. The lowest BCUT2D eigenvalue weighted by Gasteiger charge is -2.37. The molecule has 2 N–H and O–H groups in total. The first-order chi connectivity index (χ1) is 17.3. The summed E-state index contributed by atoms with van der Waals surface area (Å²) in [6.45, 7) is 1.85. The SMILES string of the molecule is NC(=O)Cc1ccc(Cn2ccc3c(N4CCOCC4c4ccc(C(F)(F)F)nc4)ncnc32)cc1. The van der Waals surface area contributed by atoms with Crippen LogP contribution in [0.4, 0.5) is 19.0 Å². The summed E-state index contributed by atoms with van der Waals surface area (Å²) in [7, 11) is 0. The molecule has 11 heteroatoms. The molecule has 0 bridgehead atoms. The Hall–Kier alpha value is -3.99. The predicted octanol–water partition coefficient (Wildman–Crippen LogP) is 3.50. The lowest BCUT2D eigenvalue weighted by atomic mass is 10.1. The van der Waals surface area contributed by atoms with Gasteiger partial charge in [0.15, 0.2) is 0 Å². The molecule has 1 amide bonds. The molecule has 8 nitrogen and oxygen atoms in total. The van der Waals surface area contributed by atoms with Gasteiger partial charge in [0.25, 0.3) is 0 Å². The highest BCUT2D eigenvalue weighted by atomic mass is 19.4. The lowest BCUT2D eigenvalue weighted by Crippen LogP contribution is -2.40. The van der Waals surface area contributed by atoms with E-state index < -0.39 is 11.9 Å². The maximum Gasteiger partial charge on any atom is 0.433 e. The van der Waals surface area contributed by atoms with Gasteiger partial charge in [-0.25, -0.2) is 9.97 Å². The Morgan fingerprint density at radius 2 is 1.83 bits per heavy atom. The summed E-state index contributed by atoms with van der Waals surface area (Å²) in [5, 5.41) is 0.828. The number of anilines is 1. The monoisotopic (exact) mass is 496 g/mol. The molecule has 1 aromatic carbocycles. The van der Waals surface area contributed by atoms with Crippen LogP contribution < -0.4 is 10.6 Å². The number of carbonyl (C=O) groups excluding carboxylic acids is 1. The third kappa shape index (κ3) is 4.87. The Kier molecular flexibility index (Phi) is 6.31. The van der Waals surface area contributed by atoms with E-state index in [1.54, 1.807) is 0 Å². The zero-order chi connectivity index (χ0) is 25.3. The summed E-state index contributed by atoms with van der Waals surface area (Å²) in [6, 6.07) is 11.7. The molecule has 36 heavy (non-hydrogen) atoms. The highest BCUT2D eigenvalue weighted by molar-refractivity contribution is 5.88. The van der Waals surface area contributed by atoms with E-state index >= 15 is 0 Å². The Labute approximate surface area is 204 Å². The van der Waals surface area contributed by atoms with Crippen LogP contribution in [-0.4, -0.2) is 45.2 Å². The van der Waals surface area contributed by atoms with Crippen molar-refractivity contribution in [3.63, 3.8) is 0 Å². The number of halogens is 3. The Morgan fingerprint density at radius 1 is 1.06 bits per heavy atom. The van der Waals surface area contributed by atoms with Crippen molar-refractivity contribution in [2.24, 2.45) is 5.73 Å². The summed E-state index contributed by atoms with van der Waals surface area (Å²) in [5.41, 5.74) is 7.56. The first-order valence-corrected chi connectivity index (χ1v) is 11.3. The van der Waals surface area contributed by atoms with Crippen molar-refractivity contribution in [2.45, 2.75) is 25.2 Å². The highest BCUT2D eigenvalue weighted by Crippen LogP contribution is 2.34. The molecule has 186 valence electrons. The molecule has 1 unspecified atom stereocenters. The normalized spacial score (nSPS) is 16.4. The Morgan fingerprint density at radius 3 is 2.53 bits per heavy atom. The van der Waals surface area contributed by atoms with Gasteiger partial charge >= 0.3 is 6.18 Å². The zero-order valence-electron chi connectivity index (χ0n) is 19.2. The summed E-state index contributed by atoms with van der Waals surface area (Å²) in [4.78, 5) is 25.8. The molecule has 1 aliphatic rings.